The highest BCUT2D eigenvalue weighted by atomic mass is 35.5. The number of carbonyl (C=O) groups is 1. The van der Waals surface area contributed by atoms with E-state index in [4.69, 9.17) is 30.3 Å². The number of ether oxygens (including phenoxy) is 1. The minimum Gasteiger partial charge on any atom is -0.467 e. The summed E-state index contributed by atoms with van der Waals surface area (Å²) in [7, 11) is -3.79. The summed E-state index contributed by atoms with van der Waals surface area (Å²) in [6.45, 7) is 0.423. The third-order valence-electron chi connectivity index (χ3n) is 6.54. The molecular formula is C25H23ClF3N5O6S2. The van der Waals surface area contributed by atoms with E-state index < -0.39 is 34.7 Å². The molecule has 1 fully saturated rings. The van der Waals surface area contributed by atoms with Gasteiger partial charge >= 0.3 is 16.3 Å². The molecule has 0 spiro atoms. The maximum atomic E-state index is 12.8. The zero-order valence-electron chi connectivity index (χ0n) is 21.9. The maximum absolute atomic E-state index is 12.8. The molecule has 1 amide bonds. The number of piperidine rings is 1. The Labute approximate surface area is 247 Å². The molecule has 2 aliphatic heterocycles. The number of rotatable bonds is 8. The number of carbonyl (C=O) groups excluding carboxylic acids is 1. The third-order valence-corrected chi connectivity index (χ3v) is 8.35. The number of benzene rings is 1. The van der Waals surface area contributed by atoms with E-state index in [-0.39, 0.29) is 28.5 Å². The first-order chi connectivity index (χ1) is 19.9. The molecule has 17 heteroatoms. The molecule has 1 aromatic carbocycles. The molecule has 1 unspecified atom stereocenters. The summed E-state index contributed by atoms with van der Waals surface area (Å²) in [5, 5.41) is 7.18. The fraction of sp³-hybridized carbons (Fsp3) is 0.400. The van der Waals surface area contributed by atoms with Crippen molar-refractivity contribution in [2.24, 2.45) is 5.16 Å². The summed E-state index contributed by atoms with van der Waals surface area (Å²) in [5.41, 5.74) is 0.435. The van der Waals surface area contributed by atoms with Gasteiger partial charge in [-0.1, -0.05) is 22.8 Å². The lowest BCUT2D eigenvalue weighted by Gasteiger charge is -2.31. The highest BCUT2D eigenvalue weighted by molar-refractivity contribution is 7.86. The number of likely N-dealkylation sites (tertiary alicyclic amines) is 1. The monoisotopic (exact) mass is 645 g/mol. The predicted molar refractivity (Wildman–Crippen MR) is 145 cm³/mol. The molecule has 1 saturated heterocycles. The van der Waals surface area contributed by atoms with Crippen LogP contribution in [0, 0.1) is 0 Å². The number of nitrogens with zero attached hydrogens (tertiary/aromatic N) is 5. The number of halogens is 4. The van der Waals surface area contributed by atoms with Crippen LogP contribution < -0.4 is 8.92 Å². The highest BCUT2D eigenvalue weighted by Crippen LogP contribution is 2.40. The van der Waals surface area contributed by atoms with Crippen LogP contribution in [0.5, 0.6) is 11.6 Å². The first-order valence-corrected chi connectivity index (χ1v) is 15.6. The van der Waals surface area contributed by atoms with Crippen LogP contribution in [0.15, 0.2) is 41.1 Å². The van der Waals surface area contributed by atoms with Crippen LogP contribution >= 0.6 is 22.9 Å². The number of hydrogen-bond donors (Lipinski definition) is 0. The van der Waals surface area contributed by atoms with Gasteiger partial charge in [-0.25, -0.2) is 15.0 Å². The fourth-order valence-corrected chi connectivity index (χ4v) is 6.29. The van der Waals surface area contributed by atoms with Gasteiger partial charge in [0.25, 0.3) is 5.91 Å². The molecule has 0 aliphatic carbocycles. The minimum absolute atomic E-state index is 0.0696. The van der Waals surface area contributed by atoms with Crippen LogP contribution in [0.2, 0.25) is 5.02 Å². The quantitative estimate of drug-likeness (QED) is 0.323. The molecule has 2 aliphatic rings. The zero-order valence-corrected chi connectivity index (χ0v) is 24.3. The molecule has 2 aromatic heterocycles. The summed E-state index contributed by atoms with van der Waals surface area (Å²) < 4.78 is 72.1. The molecule has 4 heterocycles. The fourth-order valence-electron chi connectivity index (χ4n) is 4.53. The maximum Gasteiger partial charge on any atom is 0.433 e. The number of amides is 1. The second-order valence-electron chi connectivity index (χ2n) is 9.53. The van der Waals surface area contributed by atoms with Crippen molar-refractivity contribution in [3.63, 3.8) is 0 Å². The van der Waals surface area contributed by atoms with Gasteiger partial charge in [-0.05, 0) is 25.0 Å². The van der Waals surface area contributed by atoms with Crippen molar-refractivity contribution >= 4 is 44.7 Å². The van der Waals surface area contributed by atoms with Gasteiger partial charge in [0.05, 0.1) is 27.5 Å². The Kier molecular flexibility index (Phi) is 8.57. The SMILES string of the molecule is CS(=O)(=O)Oc1cccc(Cl)c1C1CC(c2csc(C3CCN(C(=O)COc4cc(C(F)(F)F)ncn4)CC3)n2)=NO1. The summed E-state index contributed by atoms with van der Waals surface area (Å²) >= 11 is 7.81. The summed E-state index contributed by atoms with van der Waals surface area (Å²) in [6, 6.07) is 5.33. The lowest BCUT2D eigenvalue weighted by Crippen LogP contribution is -2.40. The molecule has 5 rings (SSSR count). The number of oxime groups is 1. The molecule has 0 saturated carbocycles. The van der Waals surface area contributed by atoms with E-state index in [0.717, 1.165) is 17.6 Å². The molecule has 0 bridgehead atoms. The number of thiazole rings is 1. The molecule has 1 atom stereocenters. The van der Waals surface area contributed by atoms with Gasteiger partial charge in [0, 0.05) is 36.9 Å². The molecule has 0 radical (unpaired) electrons. The van der Waals surface area contributed by atoms with Crippen molar-refractivity contribution in [2.75, 3.05) is 26.0 Å². The Balaban J connectivity index is 1.15. The summed E-state index contributed by atoms with van der Waals surface area (Å²) in [4.78, 5) is 31.3. The summed E-state index contributed by atoms with van der Waals surface area (Å²) in [5.74, 6) is -0.518. The van der Waals surface area contributed by atoms with E-state index in [1.807, 2.05) is 5.38 Å². The van der Waals surface area contributed by atoms with E-state index in [1.165, 1.54) is 17.4 Å². The average Bonchev–Trinajstić information content (AvgIpc) is 3.61. The second-order valence-corrected chi connectivity index (χ2v) is 12.4. The van der Waals surface area contributed by atoms with Crippen LogP contribution in [0.4, 0.5) is 13.2 Å². The number of aromatic nitrogens is 3. The van der Waals surface area contributed by atoms with Gasteiger partial charge in [-0.3, -0.25) is 4.79 Å². The molecule has 11 nitrogen and oxygen atoms in total. The Morgan fingerprint density at radius 3 is 2.71 bits per heavy atom. The summed E-state index contributed by atoms with van der Waals surface area (Å²) in [6.07, 6.45) is -2.04. The zero-order chi connectivity index (χ0) is 30.1. The standard InChI is InChI=1S/C25H23ClF3N5O6S2/c1-42(36,37)40-18-4-2-3-15(26)23(18)19-9-16(33-39-19)17-12-41-24(32-17)14-5-7-34(8-6-14)22(35)11-38-21-10-20(25(27,28)29)30-13-31-21/h2-4,10,12-14,19H,5-9,11H2,1H3. The van der Waals surface area contributed by atoms with E-state index in [0.29, 0.717) is 55.4 Å². The second kappa shape index (κ2) is 12.0. The normalized spacial score (nSPS) is 18.0. The van der Waals surface area contributed by atoms with Gasteiger partial charge in [0.15, 0.2) is 24.2 Å². The van der Waals surface area contributed by atoms with Crippen molar-refractivity contribution in [2.45, 2.75) is 37.5 Å². The lowest BCUT2D eigenvalue weighted by atomic mass is 9.97. The van der Waals surface area contributed by atoms with E-state index in [2.05, 4.69) is 15.1 Å². The molecule has 0 N–H and O–H groups in total. The van der Waals surface area contributed by atoms with Crippen molar-refractivity contribution in [1.82, 2.24) is 19.9 Å². The third kappa shape index (κ3) is 7.10. The number of alkyl halides is 3. The highest BCUT2D eigenvalue weighted by Gasteiger charge is 2.34. The lowest BCUT2D eigenvalue weighted by molar-refractivity contribution is -0.141. The van der Waals surface area contributed by atoms with Crippen LogP contribution in [-0.2, 0) is 25.9 Å². The smallest absolute Gasteiger partial charge is 0.433 e. The Morgan fingerprint density at radius 1 is 1.24 bits per heavy atom. The minimum atomic E-state index is -4.64. The predicted octanol–water partition coefficient (Wildman–Crippen LogP) is 4.59. The van der Waals surface area contributed by atoms with Gasteiger partial charge in [-0.2, -0.15) is 21.6 Å². The van der Waals surface area contributed by atoms with E-state index >= 15 is 0 Å². The van der Waals surface area contributed by atoms with Crippen molar-refractivity contribution in [1.29, 1.82) is 0 Å². The van der Waals surface area contributed by atoms with Crippen molar-refractivity contribution in [3.8, 4) is 11.6 Å². The molecule has 224 valence electrons. The molecular weight excluding hydrogens is 623 g/mol. The van der Waals surface area contributed by atoms with E-state index in [9.17, 15) is 26.4 Å². The number of hydrogen-bond acceptors (Lipinski definition) is 11. The Bertz CT molecular complexity index is 1610. The van der Waals surface area contributed by atoms with Crippen LogP contribution in [0.25, 0.3) is 0 Å². The molecule has 3 aromatic rings. The first-order valence-electron chi connectivity index (χ1n) is 12.5. The van der Waals surface area contributed by atoms with Gasteiger partial charge in [0.1, 0.15) is 12.0 Å². The average molecular weight is 646 g/mol. The largest absolute Gasteiger partial charge is 0.467 e. The Hall–Kier alpha value is -3.50. The Morgan fingerprint density at radius 2 is 2.00 bits per heavy atom. The van der Waals surface area contributed by atoms with Gasteiger partial charge in [0.2, 0.25) is 5.88 Å². The van der Waals surface area contributed by atoms with Crippen LogP contribution in [-0.4, -0.2) is 65.8 Å². The van der Waals surface area contributed by atoms with Gasteiger partial charge < -0.3 is 18.7 Å². The van der Waals surface area contributed by atoms with E-state index in [1.54, 1.807) is 17.0 Å². The molecule has 42 heavy (non-hydrogen) atoms. The topological polar surface area (TPSA) is 133 Å². The van der Waals surface area contributed by atoms with Gasteiger partial charge in [-0.15, -0.1) is 11.3 Å². The van der Waals surface area contributed by atoms with Crippen LogP contribution in [0.3, 0.4) is 0 Å². The van der Waals surface area contributed by atoms with Crippen LogP contribution in [0.1, 0.15) is 53.2 Å². The first kappa shape index (κ1) is 30.0. The van der Waals surface area contributed by atoms with Crippen molar-refractivity contribution in [3.05, 3.63) is 63.0 Å². The van der Waals surface area contributed by atoms with Crippen molar-refractivity contribution < 1.29 is 40.1 Å².